The number of hydrogen-bond donors (Lipinski definition) is 2. The molecule has 0 aromatic heterocycles. The van der Waals surface area contributed by atoms with E-state index in [1.54, 1.807) is 0 Å². The highest BCUT2D eigenvalue weighted by Crippen LogP contribution is 2.37. The summed E-state index contributed by atoms with van der Waals surface area (Å²) in [7, 11) is 2.92. The summed E-state index contributed by atoms with van der Waals surface area (Å²) < 4.78 is 22.5. The number of aromatic hydroxyl groups is 1. The maximum absolute atomic E-state index is 12.3. The molecule has 0 unspecified atom stereocenters. The first kappa shape index (κ1) is 15.8. The Hall–Kier alpha value is -1.20. The summed E-state index contributed by atoms with van der Waals surface area (Å²) in [6, 6.07) is 2.34. The lowest BCUT2D eigenvalue weighted by Gasteiger charge is -2.18. The second kappa shape index (κ2) is 7.19. The van der Waals surface area contributed by atoms with Crippen molar-refractivity contribution in [2.24, 2.45) is 5.73 Å². The number of ether oxygens (including phenoxy) is 2. The van der Waals surface area contributed by atoms with E-state index in [1.807, 2.05) is 0 Å². The summed E-state index contributed by atoms with van der Waals surface area (Å²) in [5.74, 6) is 0.820. The van der Waals surface area contributed by atoms with E-state index >= 15 is 0 Å². The van der Waals surface area contributed by atoms with Crippen molar-refractivity contribution in [1.82, 2.24) is 0 Å². The predicted octanol–water partition coefficient (Wildman–Crippen LogP) is 2.19. The molecule has 1 atom stereocenters. The minimum Gasteiger partial charge on any atom is -0.508 e. The molecular weight excluding hydrogens is 249 g/mol. The SMILES string of the molecule is COc1cc(O)cc(OC)c1[C@@H](N)CCF.Cl. The molecule has 6 heteroatoms. The van der Waals surface area contributed by atoms with E-state index in [1.165, 1.54) is 26.4 Å². The fourth-order valence-electron chi connectivity index (χ4n) is 1.55. The molecule has 1 aromatic rings. The number of alkyl halides is 1. The monoisotopic (exact) mass is 265 g/mol. The molecule has 0 saturated heterocycles. The van der Waals surface area contributed by atoms with E-state index in [4.69, 9.17) is 15.2 Å². The van der Waals surface area contributed by atoms with E-state index in [0.29, 0.717) is 17.1 Å². The molecule has 0 spiro atoms. The molecule has 0 bridgehead atoms. The molecule has 0 heterocycles. The smallest absolute Gasteiger partial charge is 0.131 e. The van der Waals surface area contributed by atoms with Gasteiger partial charge in [-0.05, 0) is 6.42 Å². The van der Waals surface area contributed by atoms with Crippen LogP contribution < -0.4 is 15.2 Å². The van der Waals surface area contributed by atoms with E-state index in [9.17, 15) is 9.50 Å². The Labute approximate surface area is 106 Å². The Morgan fingerprint density at radius 1 is 1.29 bits per heavy atom. The second-order valence-electron chi connectivity index (χ2n) is 3.35. The van der Waals surface area contributed by atoms with Crippen molar-refractivity contribution in [3.05, 3.63) is 17.7 Å². The zero-order valence-corrected chi connectivity index (χ0v) is 10.6. The molecule has 17 heavy (non-hydrogen) atoms. The molecule has 0 fully saturated rings. The summed E-state index contributed by atoms with van der Waals surface area (Å²) in [5, 5.41) is 9.42. The molecule has 98 valence electrons. The third kappa shape index (κ3) is 3.64. The number of phenolic OH excluding ortho intramolecular Hbond substituents is 1. The average Bonchev–Trinajstić information content (AvgIpc) is 2.27. The van der Waals surface area contributed by atoms with Gasteiger partial charge in [0, 0.05) is 18.2 Å². The summed E-state index contributed by atoms with van der Waals surface area (Å²) in [4.78, 5) is 0. The van der Waals surface area contributed by atoms with Gasteiger partial charge in [0.15, 0.2) is 0 Å². The van der Waals surface area contributed by atoms with Crippen molar-refractivity contribution >= 4 is 12.4 Å². The predicted molar refractivity (Wildman–Crippen MR) is 66.0 cm³/mol. The van der Waals surface area contributed by atoms with Crippen LogP contribution in [0.25, 0.3) is 0 Å². The highest BCUT2D eigenvalue weighted by Gasteiger charge is 2.18. The Morgan fingerprint density at radius 3 is 2.12 bits per heavy atom. The van der Waals surface area contributed by atoms with Crippen LogP contribution in [-0.2, 0) is 0 Å². The fourth-order valence-corrected chi connectivity index (χ4v) is 1.55. The first-order valence-electron chi connectivity index (χ1n) is 4.90. The molecule has 0 aliphatic carbocycles. The van der Waals surface area contributed by atoms with Gasteiger partial charge in [-0.2, -0.15) is 0 Å². The zero-order chi connectivity index (χ0) is 12.1. The number of rotatable bonds is 5. The standard InChI is InChI=1S/C11H16FNO3.ClH/c1-15-9-5-7(14)6-10(16-2)11(9)8(13)3-4-12;/h5-6,8,14H,3-4,13H2,1-2H3;1H/t8-;/m0./s1. The van der Waals surface area contributed by atoms with Gasteiger partial charge in [-0.1, -0.05) is 0 Å². The van der Waals surface area contributed by atoms with Crippen LogP contribution in [-0.4, -0.2) is 26.0 Å². The fraction of sp³-hybridized carbons (Fsp3) is 0.455. The lowest BCUT2D eigenvalue weighted by Crippen LogP contribution is -2.13. The van der Waals surface area contributed by atoms with Gasteiger partial charge in [0.25, 0.3) is 0 Å². The zero-order valence-electron chi connectivity index (χ0n) is 9.77. The Kier molecular flexibility index (Phi) is 6.68. The first-order chi connectivity index (χ1) is 7.63. The van der Waals surface area contributed by atoms with E-state index in [2.05, 4.69) is 0 Å². The summed E-state index contributed by atoms with van der Waals surface area (Å²) in [6.45, 7) is -0.519. The van der Waals surface area contributed by atoms with Crippen LogP contribution in [0.15, 0.2) is 12.1 Å². The average molecular weight is 266 g/mol. The summed E-state index contributed by atoms with van der Waals surface area (Å²) >= 11 is 0. The van der Waals surface area contributed by atoms with Crippen molar-refractivity contribution < 1.29 is 19.0 Å². The van der Waals surface area contributed by atoms with Gasteiger partial charge in [-0.15, -0.1) is 12.4 Å². The number of nitrogens with two attached hydrogens (primary N) is 1. The van der Waals surface area contributed by atoms with Crippen molar-refractivity contribution in [3.63, 3.8) is 0 Å². The number of halogens is 2. The highest BCUT2D eigenvalue weighted by molar-refractivity contribution is 5.85. The van der Waals surface area contributed by atoms with Gasteiger partial charge in [-0.25, -0.2) is 0 Å². The Morgan fingerprint density at radius 2 is 1.76 bits per heavy atom. The van der Waals surface area contributed by atoms with Gasteiger partial charge < -0.3 is 20.3 Å². The minimum atomic E-state index is -0.519. The number of methoxy groups -OCH3 is 2. The molecule has 1 aromatic carbocycles. The maximum atomic E-state index is 12.3. The Bertz CT molecular complexity index is 338. The molecular formula is C11H17ClFNO3. The topological polar surface area (TPSA) is 64.7 Å². The third-order valence-electron chi connectivity index (χ3n) is 2.32. The molecule has 1 rings (SSSR count). The van der Waals surface area contributed by atoms with E-state index in [0.717, 1.165) is 0 Å². The molecule has 4 nitrogen and oxygen atoms in total. The summed E-state index contributed by atoms with van der Waals surface area (Å²) in [5.41, 5.74) is 6.40. The van der Waals surface area contributed by atoms with Crippen LogP contribution >= 0.6 is 12.4 Å². The van der Waals surface area contributed by atoms with Crippen LogP contribution in [0.4, 0.5) is 4.39 Å². The summed E-state index contributed by atoms with van der Waals surface area (Å²) in [6.07, 6.45) is 0.178. The van der Waals surface area contributed by atoms with Gasteiger partial charge >= 0.3 is 0 Å². The number of benzene rings is 1. The largest absolute Gasteiger partial charge is 0.508 e. The van der Waals surface area contributed by atoms with Gasteiger partial charge in [0.1, 0.15) is 17.2 Å². The van der Waals surface area contributed by atoms with Crippen molar-refractivity contribution in [3.8, 4) is 17.2 Å². The first-order valence-corrected chi connectivity index (χ1v) is 4.90. The van der Waals surface area contributed by atoms with Crippen LogP contribution in [0.3, 0.4) is 0 Å². The molecule has 0 aliphatic heterocycles. The normalized spacial score (nSPS) is 11.5. The lowest BCUT2D eigenvalue weighted by atomic mass is 10.0. The Balaban J connectivity index is 0.00000256. The van der Waals surface area contributed by atoms with Crippen molar-refractivity contribution in [2.75, 3.05) is 20.9 Å². The molecule has 0 saturated carbocycles. The van der Waals surface area contributed by atoms with Crippen molar-refractivity contribution in [1.29, 1.82) is 0 Å². The molecule has 0 amide bonds. The van der Waals surface area contributed by atoms with E-state index in [-0.39, 0.29) is 24.6 Å². The molecule has 0 aliphatic rings. The third-order valence-corrected chi connectivity index (χ3v) is 2.32. The maximum Gasteiger partial charge on any atom is 0.131 e. The molecule has 3 N–H and O–H groups in total. The highest BCUT2D eigenvalue weighted by atomic mass is 35.5. The van der Waals surface area contributed by atoms with Gasteiger partial charge in [0.2, 0.25) is 0 Å². The van der Waals surface area contributed by atoms with Gasteiger partial charge in [0.05, 0.1) is 26.5 Å². The van der Waals surface area contributed by atoms with Gasteiger partial charge in [-0.3, -0.25) is 4.39 Å². The second-order valence-corrected chi connectivity index (χ2v) is 3.35. The van der Waals surface area contributed by atoms with Crippen LogP contribution in [0.5, 0.6) is 17.2 Å². The minimum absolute atomic E-state index is 0. The van der Waals surface area contributed by atoms with Crippen LogP contribution in [0.2, 0.25) is 0 Å². The lowest BCUT2D eigenvalue weighted by molar-refractivity contribution is 0.362. The number of hydrogen-bond acceptors (Lipinski definition) is 4. The van der Waals surface area contributed by atoms with Crippen molar-refractivity contribution in [2.45, 2.75) is 12.5 Å². The van der Waals surface area contributed by atoms with Crippen LogP contribution in [0, 0.1) is 0 Å². The quantitative estimate of drug-likeness (QED) is 0.857. The van der Waals surface area contributed by atoms with E-state index < -0.39 is 12.7 Å². The van der Waals surface area contributed by atoms with Crippen LogP contribution in [0.1, 0.15) is 18.0 Å². The number of phenols is 1. The molecule has 0 radical (unpaired) electrons.